The fraction of sp³-hybridized carbons (Fsp3) is 1.00. The number of rotatable bonds is 6. The maximum atomic E-state index is 5.50. The minimum absolute atomic E-state index is 0. The summed E-state index contributed by atoms with van der Waals surface area (Å²) in [6.07, 6.45) is -0.646. The van der Waals surface area contributed by atoms with Gasteiger partial charge in [-0.25, -0.2) is 0 Å². The summed E-state index contributed by atoms with van der Waals surface area (Å²) in [5, 5.41) is 0. The molecule has 0 saturated carbocycles. The van der Waals surface area contributed by atoms with Crippen LogP contribution in [0.5, 0.6) is 0 Å². The fourth-order valence-electron chi connectivity index (χ4n) is 0.457. The number of hydrogen-bond acceptors (Lipinski definition) is 3. The van der Waals surface area contributed by atoms with E-state index < -0.39 is 6.13 Å². The van der Waals surface area contributed by atoms with E-state index in [4.69, 9.17) is 16.3 Å². The quantitative estimate of drug-likeness (QED) is 0.537. The van der Waals surface area contributed by atoms with Gasteiger partial charge in [0.1, 0.15) is 18.0 Å². The molecule has 0 heterocycles. The molecule has 1 nitrogen and oxygen atoms in total. The smallest absolute Gasteiger partial charge is 0.158 e. The van der Waals surface area contributed by atoms with Crippen molar-refractivity contribution in [3.63, 3.8) is 0 Å². The predicted octanol–water partition coefficient (Wildman–Crippen LogP) is 3.44. The molecule has 0 aromatic carbocycles. The molecule has 0 aliphatic heterocycles. The first kappa shape index (κ1) is 17.8. The Labute approximate surface area is 135 Å². The molecule has 0 spiro atoms. The molecule has 0 rings (SSSR count). The van der Waals surface area contributed by atoms with Gasteiger partial charge in [-0.3, -0.25) is 0 Å². The molecule has 13 heavy (non-hydrogen) atoms. The van der Waals surface area contributed by atoms with Crippen LogP contribution in [0, 0.1) is 11.8 Å². The summed E-state index contributed by atoms with van der Waals surface area (Å²) in [6.45, 7) is 9.50. The summed E-state index contributed by atoms with van der Waals surface area (Å²) in [5.41, 5.74) is 0. The Morgan fingerprint density at radius 1 is 1.23 bits per heavy atom. The van der Waals surface area contributed by atoms with Crippen molar-refractivity contribution in [2.45, 2.75) is 27.7 Å². The van der Waals surface area contributed by atoms with E-state index in [2.05, 4.69) is 27.7 Å². The zero-order valence-electron chi connectivity index (χ0n) is 9.24. The molecule has 0 aromatic rings. The van der Waals surface area contributed by atoms with E-state index in [1.807, 2.05) is 0 Å². The van der Waals surface area contributed by atoms with E-state index in [1.165, 1.54) is 0 Å². The van der Waals surface area contributed by atoms with Gasteiger partial charge in [0.25, 0.3) is 0 Å². The van der Waals surface area contributed by atoms with Crippen molar-refractivity contribution in [3.8, 4) is 0 Å². The molecule has 0 fully saturated rings. The van der Waals surface area contributed by atoms with Gasteiger partial charge in [0.15, 0.2) is 0 Å². The van der Waals surface area contributed by atoms with Gasteiger partial charge in [0.2, 0.25) is 11.8 Å². The van der Waals surface area contributed by atoms with Crippen molar-refractivity contribution < 1.29 is 4.52 Å². The van der Waals surface area contributed by atoms with Crippen LogP contribution in [0.2, 0.25) is 0 Å². The summed E-state index contributed by atoms with van der Waals surface area (Å²) >= 11 is 6.96. The van der Waals surface area contributed by atoms with Crippen LogP contribution < -0.4 is 0 Å². The first-order valence-corrected chi connectivity index (χ1v) is 8.11. The average Bonchev–Trinajstić information content (AvgIpc) is 1.96. The third kappa shape index (κ3) is 14.5. The molecule has 5 heteroatoms. The molecule has 1 unspecified atom stereocenters. The standard InChI is InChI=1S/C8H18OPS2.K/c1-7(2)5-9-10(11)12-6-8(3)4;/h7-8H,5-6H2,1-4H3;/q+1;. The fourth-order valence-corrected chi connectivity index (χ4v) is 3.77. The van der Waals surface area contributed by atoms with Crippen LogP contribution in [-0.4, -0.2) is 63.7 Å². The summed E-state index contributed by atoms with van der Waals surface area (Å²) in [7, 11) is 0. The molecule has 0 aliphatic rings. The first-order valence-electron chi connectivity index (χ1n) is 4.25. The monoisotopic (exact) mass is 264 g/mol. The second-order valence-electron chi connectivity index (χ2n) is 3.60. The molecule has 1 atom stereocenters. The van der Waals surface area contributed by atoms with E-state index >= 15 is 0 Å². The maximum Gasteiger partial charge on any atom is 0.414 e. The van der Waals surface area contributed by atoms with E-state index in [0.717, 1.165) is 12.4 Å². The molecule has 1 radical (unpaired) electrons. The second kappa shape index (κ2) is 11.0. The summed E-state index contributed by atoms with van der Waals surface area (Å²) in [5.74, 6) is 2.43. The van der Waals surface area contributed by atoms with Gasteiger partial charge < -0.3 is 0 Å². The molecule has 0 aromatic heterocycles. The van der Waals surface area contributed by atoms with Gasteiger partial charge in [-0.1, -0.05) is 27.7 Å². The topological polar surface area (TPSA) is 9.23 Å². The van der Waals surface area contributed by atoms with Crippen LogP contribution in [0.15, 0.2) is 0 Å². The van der Waals surface area contributed by atoms with Crippen LogP contribution in [0.4, 0.5) is 0 Å². The van der Waals surface area contributed by atoms with Crippen molar-refractivity contribution >= 4 is 80.7 Å². The third-order valence-corrected chi connectivity index (χ3v) is 5.07. The third-order valence-electron chi connectivity index (χ3n) is 1.03. The Bertz CT molecular complexity index is 128. The van der Waals surface area contributed by atoms with Gasteiger partial charge in [-0.2, -0.15) is 4.52 Å². The summed E-state index contributed by atoms with van der Waals surface area (Å²) < 4.78 is 5.50. The molecule has 73 valence electrons. The van der Waals surface area contributed by atoms with Gasteiger partial charge in [-0.05, 0) is 11.8 Å². The predicted molar refractivity (Wildman–Crippen MR) is 68.1 cm³/mol. The Morgan fingerprint density at radius 2 is 1.77 bits per heavy atom. The van der Waals surface area contributed by atoms with Crippen molar-refractivity contribution in [1.82, 2.24) is 0 Å². The van der Waals surface area contributed by atoms with E-state index in [-0.39, 0.29) is 51.4 Å². The normalized spacial score (nSPS) is 11.7. The Kier molecular flexibility index (Phi) is 15.1. The Hall–Kier alpha value is 2.47. The van der Waals surface area contributed by atoms with E-state index in [1.54, 1.807) is 11.4 Å². The molecular formula is C8H18KOPS2+. The molecule has 0 N–H and O–H groups in total. The van der Waals surface area contributed by atoms with Crippen LogP contribution >= 0.6 is 17.5 Å². The molecule has 0 saturated heterocycles. The van der Waals surface area contributed by atoms with Crippen molar-refractivity contribution in [2.24, 2.45) is 11.8 Å². The number of hydrogen-bond donors (Lipinski definition) is 0. The van der Waals surface area contributed by atoms with E-state index in [9.17, 15) is 0 Å². The van der Waals surface area contributed by atoms with Gasteiger partial charge in [0.05, 0.1) is 0 Å². The minimum Gasteiger partial charge on any atom is -0.158 e. The van der Waals surface area contributed by atoms with Gasteiger partial charge >= 0.3 is 6.13 Å². The molecular weight excluding hydrogens is 246 g/mol. The van der Waals surface area contributed by atoms with Gasteiger partial charge in [-0.15, -0.1) is 0 Å². The summed E-state index contributed by atoms with van der Waals surface area (Å²) in [6, 6.07) is 0. The molecule has 0 amide bonds. The van der Waals surface area contributed by atoms with Crippen LogP contribution in [0.1, 0.15) is 27.7 Å². The zero-order valence-corrected chi connectivity index (χ0v) is 14.9. The summed E-state index contributed by atoms with van der Waals surface area (Å²) in [4.78, 5) is 0. The SMILES string of the molecule is CC(C)CO[P+](=S)SCC(C)C.[K]. The minimum atomic E-state index is -0.646. The Morgan fingerprint density at radius 3 is 2.15 bits per heavy atom. The van der Waals surface area contributed by atoms with E-state index in [0.29, 0.717) is 11.8 Å². The zero-order chi connectivity index (χ0) is 9.56. The van der Waals surface area contributed by atoms with Crippen LogP contribution in [-0.2, 0) is 16.3 Å². The van der Waals surface area contributed by atoms with Crippen molar-refractivity contribution in [3.05, 3.63) is 0 Å². The maximum absolute atomic E-state index is 5.50. The molecule has 0 aliphatic carbocycles. The van der Waals surface area contributed by atoms with Crippen LogP contribution in [0.25, 0.3) is 0 Å². The second-order valence-corrected chi connectivity index (χ2v) is 8.36. The average molecular weight is 264 g/mol. The Balaban J connectivity index is 0. The first-order chi connectivity index (χ1) is 5.52. The van der Waals surface area contributed by atoms with Crippen molar-refractivity contribution in [2.75, 3.05) is 12.4 Å². The van der Waals surface area contributed by atoms with Crippen LogP contribution in [0.3, 0.4) is 0 Å². The van der Waals surface area contributed by atoms with Crippen molar-refractivity contribution in [1.29, 1.82) is 0 Å². The molecule has 0 bridgehead atoms. The largest absolute Gasteiger partial charge is 0.414 e. The van der Waals surface area contributed by atoms with Gasteiger partial charge in [0, 0.05) is 57.1 Å².